The van der Waals surface area contributed by atoms with Crippen LogP contribution in [0.4, 0.5) is 0 Å². The van der Waals surface area contributed by atoms with Crippen LogP contribution in [0.25, 0.3) is 0 Å². The van der Waals surface area contributed by atoms with Crippen LogP contribution in [0.15, 0.2) is 6.07 Å². The summed E-state index contributed by atoms with van der Waals surface area (Å²) in [5.74, 6) is -0.969. The summed E-state index contributed by atoms with van der Waals surface area (Å²) in [5, 5.41) is 28.2. The number of phenols is 3. The molecule has 0 fully saturated rings. The highest BCUT2D eigenvalue weighted by molar-refractivity contribution is 5.57. The maximum Gasteiger partial charge on any atom is 0.200 e. The van der Waals surface area contributed by atoms with Crippen molar-refractivity contribution in [1.29, 1.82) is 0 Å². The van der Waals surface area contributed by atoms with Gasteiger partial charge in [-0.05, 0) is 29.5 Å². The van der Waals surface area contributed by atoms with E-state index < -0.39 is 5.75 Å². The number of rotatable bonds is 0. The lowest BCUT2D eigenvalue weighted by molar-refractivity contribution is 0.363. The van der Waals surface area contributed by atoms with Gasteiger partial charge in [-0.1, -0.05) is 20.8 Å². The van der Waals surface area contributed by atoms with Crippen molar-refractivity contribution in [2.45, 2.75) is 33.1 Å². The Morgan fingerprint density at radius 2 is 1.50 bits per heavy atom. The van der Waals surface area contributed by atoms with Crippen LogP contribution in [0.3, 0.4) is 0 Å². The largest absolute Gasteiger partial charge is 0.504 e. The third-order valence-corrected chi connectivity index (χ3v) is 2.32. The summed E-state index contributed by atoms with van der Waals surface area (Å²) in [7, 11) is 0. The predicted molar refractivity (Wildman–Crippen MR) is 54.9 cm³/mol. The summed E-state index contributed by atoms with van der Waals surface area (Å²) >= 11 is 0. The fourth-order valence-corrected chi connectivity index (χ4v) is 1.52. The van der Waals surface area contributed by atoms with E-state index in [0.29, 0.717) is 5.56 Å². The molecule has 3 nitrogen and oxygen atoms in total. The van der Waals surface area contributed by atoms with Gasteiger partial charge in [0.15, 0.2) is 11.5 Å². The molecule has 0 radical (unpaired) electrons. The number of hydrogen-bond acceptors (Lipinski definition) is 3. The Labute approximate surface area is 83.6 Å². The minimum absolute atomic E-state index is 0.174. The standard InChI is InChI=1S/C11H16O3/c1-6-7(11(2,3)4)5-8(12)10(14)9(6)13/h5,12-14H,1-4H3. The molecule has 1 aromatic carbocycles. The summed E-state index contributed by atoms with van der Waals surface area (Å²) in [6.45, 7) is 7.65. The minimum atomic E-state index is -0.449. The van der Waals surface area contributed by atoms with Gasteiger partial charge in [-0.3, -0.25) is 0 Å². The van der Waals surface area contributed by atoms with Crippen molar-refractivity contribution in [3.63, 3.8) is 0 Å². The van der Waals surface area contributed by atoms with E-state index in [0.717, 1.165) is 5.56 Å². The van der Waals surface area contributed by atoms with Crippen LogP contribution < -0.4 is 0 Å². The molecule has 14 heavy (non-hydrogen) atoms. The van der Waals surface area contributed by atoms with Crippen molar-refractivity contribution < 1.29 is 15.3 Å². The molecule has 0 saturated heterocycles. The molecule has 0 bridgehead atoms. The maximum absolute atomic E-state index is 9.52. The first-order valence-corrected chi connectivity index (χ1v) is 4.50. The van der Waals surface area contributed by atoms with Crippen LogP contribution in [0, 0.1) is 6.92 Å². The zero-order valence-corrected chi connectivity index (χ0v) is 8.92. The smallest absolute Gasteiger partial charge is 0.200 e. The highest BCUT2D eigenvalue weighted by atomic mass is 16.3. The van der Waals surface area contributed by atoms with Crippen LogP contribution in [0.1, 0.15) is 31.9 Å². The highest BCUT2D eigenvalue weighted by Crippen LogP contribution is 2.42. The fourth-order valence-electron chi connectivity index (χ4n) is 1.52. The molecule has 0 aliphatic carbocycles. The Hall–Kier alpha value is -1.38. The molecule has 0 amide bonds. The second-order valence-electron chi connectivity index (χ2n) is 4.52. The molecule has 0 atom stereocenters. The van der Waals surface area contributed by atoms with Crippen LogP contribution in [-0.4, -0.2) is 15.3 Å². The van der Waals surface area contributed by atoms with Crippen LogP contribution in [-0.2, 0) is 5.41 Å². The van der Waals surface area contributed by atoms with E-state index in [1.54, 1.807) is 6.92 Å². The fraction of sp³-hybridized carbons (Fsp3) is 0.455. The van der Waals surface area contributed by atoms with Crippen LogP contribution in [0.2, 0.25) is 0 Å². The van der Waals surface area contributed by atoms with Gasteiger partial charge in [0.25, 0.3) is 0 Å². The number of hydrogen-bond donors (Lipinski definition) is 3. The van der Waals surface area contributed by atoms with Gasteiger partial charge in [0, 0.05) is 0 Å². The lowest BCUT2D eigenvalue weighted by atomic mass is 9.83. The number of aromatic hydroxyl groups is 3. The Kier molecular flexibility index (Phi) is 2.36. The van der Waals surface area contributed by atoms with Crippen molar-refractivity contribution in [3.8, 4) is 17.2 Å². The summed E-state index contributed by atoms with van der Waals surface area (Å²) in [4.78, 5) is 0. The molecule has 0 saturated carbocycles. The maximum atomic E-state index is 9.52. The first kappa shape index (κ1) is 10.7. The summed E-state index contributed by atoms with van der Waals surface area (Å²) in [6.07, 6.45) is 0. The molecule has 3 N–H and O–H groups in total. The van der Waals surface area contributed by atoms with Crippen molar-refractivity contribution in [1.82, 2.24) is 0 Å². The molecule has 3 heteroatoms. The number of benzene rings is 1. The lowest BCUT2D eigenvalue weighted by Crippen LogP contribution is -2.12. The second-order valence-corrected chi connectivity index (χ2v) is 4.52. The monoisotopic (exact) mass is 196 g/mol. The topological polar surface area (TPSA) is 60.7 Å². The second kappa shape index (κ2) is 3.08. The molecule has 78 valence electrons. The average Bonchev–Trinajstić information content (AvgIpc) is 2.06. The molecule has 1 rings (SSSR count). The van der Waals surface area contributed by atoms with Crippen LogP contribution >= 0.6 is 0 Å². The molecular formula is C11H16O3. The first-order valence-electron chi connectivity index (χ1n) is 4.50. The van der Waals surface area contributed by atoms with Gasteiger partial charge >= 0.3 is 0 Å². The zero-order valence-electron chi connectivity index (χ0n) is 8.92. The molecular weight excluding hydrogens is 180 g/mol. The molecule has 0 aliphatic rings. The molecule has 0 aromatic heterocycles. The molecule has 0 unspecified atom stereocenters. The van der Waals surface area contributed by atoms with Gasteiger partial charge in [0.2, 0.25) is 5.75 Å². The Balaban J connectivity index is 3.49. The van der Waals surface area contributed by atoms with E-state index in [-0.39, 0.29) is 16.9 Å². The van der Waals surface area contributed by atoms with E-state index in [4.69, 9.17) is 0 Å². The van der Waals surface area contributed by atoms with Gasteiger partial charge in [0.05, 0.1) is 0 Å². The molecule has 0 heterocycles. The van der Waals surface area contributed by atoms with Gasteiger partial charge in [-0.2, -0.15) is 0 Å². The van der Waals surface area contributed by atoms with Crippen LogP contribution in [0.5, 0.6) is 17.2 Å². The quantitative estimate of drug-likeness (QED) is 0.558. The SMILES string of the molecule is Cc1c(C(C)(C)C)cc(O)c(O)c1O. The lowest BCUT2D eigenvalue weighted by Gasteiger charge is -2.22. The molecule has 0 aliphatic heterocycles. The molecule has 0 spiro atoms. The van der Waals surface area contributed by atoms with E-state index in [1.165, 1.54) is 6.07 Å². The van der Waals surface area contributed by atoms with Crippen molar-refractivity contribution in [3.05, 3.63) is 17.2 Å². The molecule has 1 aromatic rings. The van der Waals surface area contributed by atoms with Gasteiger partial charge in [-0.15, -0.1) is 0 Å². The minimum Gasteiger partial charge on any atom is -0.504 e. The Bertz CT molecular complexity index is 362. The third kappa shape index (κ3) is 1.62. The van der Waals surface area contributed by atoms with E-state index in [2.05, 4.69) is 0 Å². The van der Waals surface area contributed by atoms with E-state index >= 15 is 0 Å². The normalized spacial score (nSPS) is 11.7. The van der Waals surface area contributed by atoms with Gasteiger partial charge < -0.3 is 15.3 Å². The predicted octanol–water partition coefficient (Wildman–Crippen LogP) is 2.41. The van der Waals surface area contributed by atoms with Gasteiger partial charge in [0.1, 0.15) is 0 Å². The van der Waals surface area contributed by atoms with E-state index in [9.17, 15) is 15.3 Å². The summed E-state index contributed by atoms with van der Waals surface area (Å²) < 4.78 is 0. The highest BCUT2D eigenvalue weighted by Gasteiger charge is 2.22. The summed E-state index contributed by atoms with van der Waals surface area (Å²) in [5.41, 5.74) is 1.25. The van der Waals surface area contributed by atoms with Crippen molar-refractivity contribution in [2.75, 3.05) is 0 Å². The zero-order chi connectivity index (χ0) is 11.1. The first-order chi connectivity index (χ1) is 6.25. The number of phenolic OH excluding ortho intramolecular Hbond substituents is 3. The summed E-state index contributed by atoms with van der Waals surface area (Å²) in [6, 6.07) is 1.49. The Morgan fingerprint density at radius 3 is 1.93 bits per heavy atom. The third-order valence-electron chi connectivity index (χ3n) is 2.32. The average molecular weight is 196 g/mol. The van der Waals surface area contributed by atoms with E-state index in [1.807, 2.05) is 20.8 Å². The van der Waals surface area contributed by atoms with Gasteiger partial charge in [-0.25, -0.2) is 0 Å². The van der Waals surface area contributed by atoms with Crippen molar-refractivity contribution in [2.24, 2.45) is 0 Å². The van der Waals surface area contributed by atoms with Crippen molar-refractivity contribution >= 4 is 0 Å². The Morgan fingerprint density at radius 1 is 1.00 bits per heavy atom.